The molecule has 2 aliphatic heterocycles. The van der Waals surface area contributed by atoms with E-state index in [1.54, 1.807) is 38.7 Å². The Hall–Kier alpha value is -3.88. The molecule has 244 valence electrons. The standard InChI is InChI=1S/C30H37F3N6O5S/c1-18(36-25-21-16-23(27(40)37-26(21)35-17-34-25)38-12-14-45(42,43)15-13-38)20-6-5-7-22(24(20)31)30(32,33)19-8-10-39(11-9-19)28(41)44-29(2,3)4/h5-7,16-19H,8-15H2,1-4H3,(H2,34,35,36,37,40)/t18-/m1/s1. The van der Waals surface area contributed by atoms with Crippen LogP contribution in [0.2, 0.25) is 0 Å². The van der Waals surface area contributed by atoms with Crippen LogP contribution < -0.4 is 15.8 Å². The third-order valence-electron chi connectivity index (χ3n) is 8.18. The van der Waals surface area contributed by atoms with Gasteiger partial charge < -0.3 is 24.8 Å². The Morgan fingerprint density at radius 1 is 1.11 bits per heavy atom. The molecule has 2 aromatic heterocycles. The molecule has 1 aromatic carbocycles. The highest BCUT2D eigenvalue weighted by atomic mass is 32.2. The number of hydrogen-bond acceptors (Lipinski definition) is 9. The van der Waals surface area contributed by atoms with Crippen molar-refractivity contribution in [3.05, 3.63) is 57.9 Å². The fraction of sp³-hybridized carbons (Fsp3) is 0.533. The molecule has 1 amide bonds. The summed E-state index contributed by atoms with van der Waals surface area (Å²) >= 11 is 0. The summed E-state index contributed by atoms with van der Waals surface area (Å²) in [5, 5.41) is 3.46. The molecule has 0 saturated carbocycles. The zero-order chi connectivity index (χ0) is 32.7. The average molecular weight is 651 g/mol. The number of amides is 1. The zero-order valence-electron chi connectivity index (χ0n) is 25.6. The molecule has 2 N–H and O–H groups in total. The molecule has 5 rings (SSSR count). The van der Waals surface area contributed by atoms with Gasteiger partial charge in [-0.3, -0.25) is 4.79 Å². The average Bonchev–Trinajstić information content (AvgIpc) is 2.96. The van der Waals surface area contributed by atoms with Gasteiger partial charge in [-0.15, -0.1) is 0 Å². The normalized spacial score (nSPS) is 18.6. The van der Waals surface area contributed by atoms with E-state index in [0.717, 1.165) is 6.07 Å². The summed E-state index contributed by atoms with van der Waals surface area (Å²) in [5.41, 5.74) is -1.43. The number of rotatable bonds is 6. The number of fused-ring (bicyclic) bond motifs is 1. The molecule has 0 aliphatic carbocycles. The first-order valence-corrected chi connectivity index (χ1v) is 16.6. The van der Waals surface area contributed by atoms with Gasteiger partial charge in [0.2, 0.25) is 0 Å². The molecule has 45 heavy (non-hydrogen) atoms. The van der Waals surface area contributed by atoms with E-state index in [1.165, 1.54) is 23.4 Å². The number of nitrogens with zero attached hydrogens (tertiary/aromatic N) is 4. The second-order valence-corrected chi connectivity index (χ2v) is 14.9. The maximum absolute atomic E-state index is 15.9. The first-order chi connectivity index (χ1) is 21.1. The molecule has 2 fully saturated rings. The minimum atomic E-state index is -3.49. The molecule has 0 radical (unpaired) electrons. The maximum atomic E-state index is 15.9. The number of pyridine rings is 1. The topological polar surface area (TPSA) is 138 Å². The number of carbonyl (C=O) groups is 1. The maximum Gasteiger partial charge on any atom is 0.410 e. The second-order valence-electron chi connectivity index (χ2n) is 12.5. The second kappa shape index (κ2) is 12.1. The third kappa shape index (κ3) is 7.02. The molecule has 1 atom stereocenters. The summed E-state index contributed by atoms with van der Waals surface area (Å²) in [6, 6.07) is 4.62. The van der Waals surface area contributed by atoms with Gasteiger partial charge in [-0.05, 0) is 46.6 Å². The van der Waals surface area contributed by atoms with Crippen molar-refractivity contribution >= 4 is 38.5 Å². The van der Waals surface area contributed by atoms with Gasteiger partial charge in [0.15, 0.2) is 9.84 Å². The van der Waals surface area contributed by atoms with Crippen LogP contribution in [0.1, 0.15) is 57.7 Å². The van der Waals surface area contributed by atoms with Crippen molar-refractivity contribution < 1.29 is 31.1 Å². The van der Waals surface area contributed by atoms with Gasteiger partial charge in [0.05, 0.1) is 28.5 Å². The SMILES string of the molecule is C[C@@H](Nc1ncnc2[nH]c(=O)c(N3CCS(=O)(=O)CC3)cc12)c1cccc(C(F)(F)C2CCN(C(=O)OC(C)(C)C)CC2)c1F. The van der Waals surface area contributed by atoms with Gasteiger partial charge >= 0.3 is 6.09 Å². The Kier molecular flexibility index (Phi) is 8.77. The molecule has 2 aliphatic rings. The van der Waals surface area contributed by atoms with Crippen LogP contribution in [0.15, 0.2) is 35.4 Å². The number of ether oxygens (including phenoxy) is 1. The Morgan fingerprint density at radius 2 is 1.78 bits per heavy atom. The van der Waals surface area contributed by atoms with Crippen LogP contribution in [0, 0.1) is 11.7 Å². The van der Waals surface area contributed by atoms with Crippen LogP contribution >= 0.6 is 0 Å². The molecule has 11 nitrogen and oxygen atoms in total. The number of carbonyl (C=O) groups excluding carboxylic acids is 1. The van der Waals surface area contributed by atoms with Gasteiger partial charge in [0.1, 0.15) is 34.9 Å². The molecule has 0 spiro atoms. The van der Waals surface area contributed by atoms with Crippen molar-refractivity contribution in [3.63, 3.8) is 0 Å². The number of halogens is 3. The predicted octanol–water partition coefficient (Wildman–Crippen LogP) is 4.60. The number of H-pyrrole nitrogens is 1. The summed E-state index contributed by atoms with van der Waals surface area (Å²) < 4.78 is 76.6. The molecule has 15 heteroatoms. The van der Waals surface area contributed by atoms with Crippen molar-refractivity contribution in [2.24, 2.45) is 5.92 Å². The highest BCUT2D eigenvalue weighted by Gasteiger charge is 2.46. The Balaban J connectivity index is 1.35. The van der Waals surface area contributed by atoms with E-state index in [2.05, 4.69) is 20.3 Å². The summed E-state index contributed by atoms with van der Waals surface area (Å²) in [4.78, 5) is 39.3. The molecular formula is C30H37F3N6O5S. The van der Waals surface area contributed by atoms with Crippen molar-refractivity contribution in [1.29, 1.82) is 0 Å². The van der Waals surface area contributed by atoms with Gasteiger partial charge in [-0.1, -0.05) is 18.2 Å². The number of alkyl halides is 2. The highest BCUT2D eigenvalue weighted by Crippen LogP contribution is 2.44. The Morgan fingerprint density at radius 3 is 2.42 bits per heavy atom. The zero-order valence-corrected chi connectivity index (χ0v) is 26.4. The van der Waals surface area contributed by atoms with E-state index in [0.29, 0.717) is 5.39 Å². The van der Waals surface area contributed by atoms with Crippen LogP contribution in [-0.2, 0) is 20.5 Å². The van der Waals surface area contributed by atoms with Crippen LogP contribution in [0.5, 0.6) is 0 Å². The molecular weight excluding hydrogens is 613 g/mol. The van der Waals surface area contributed by atoms with Crippen molar-refractivity contribution in [1.82, 2.24) is 19.9 Å². The first-order valence-electron chi connectivity index (χ1n) is 14.8. The van der Waals surface area contributed by atoms with Crippen LogP contribution in [0.25, 0.3) is 11.0 Å². The van der Waals surface area contributed by atoms with Crippen LogP contribution in [0.3, 0.4) is 0 Å². The number of likely N-dealkylation sites (tertiary alicyclic amines) is 1. The summed E-state index contributed by atoms with van der Waals surface area (Å²) in [6.07, 6.45) is 0.625. The number of anilines is 2. The number of aromatic amines is 1. The van der Waals surface area contributed by atoms with Gasteiger partial charge in [-0.25, -0.2) is 36.4 Å². The predicted molar refractivity (Wildman–Crippen MR) is 164 cm³/mol. The summed E-state index contributed by atoms with van der Waals surface area (Å²) in [5.74, 6) is -5.63. The number of nitrogens with one attached hydrogen (secondary N) is 2. The monoisotopic (exact) mass is 650 g/mol. The quantitative estimate of drug-likeness (QED) is 0.392. The van der Waals surface area contributed by atoms with E-state index in [9.17, 15) is 18.0 Å². The van der Waals surface area contributed by atoms with E-state index in [1.807, 2.05) is 0 Å². The van der Waals surface area contributed by atoms with Crippen LogP contribution in [-0.4, -0.2) is 77.6 Å². The van der Waals surface area contributed by atoms with E-state index in [-0.39, 0.29) is 73.2 Å². The molecule has 0 unspecified atom stereocenters. The number of hydrogen-bond donors (Lipinski definition) is 2. The van der Waals surface area contributed by atoms with Crippen molar-refractivity contribution in [3.8, 4) is 0 Å². The largest absolute Gasteiger partial charge is 0.444 e. The number of benzene rings is 1. The minimum absolute atomic E-state index is 0.00369. The van der Waals surface area contributed by atoms with Crippen LogP contribution in [0.4, 0.5) is 29.5 Å². The number of piperidine rings is 1. The first kappa shape index (κ1) is 32.5. The lowest BCUT2D eigenvalue weighted by molar-refractivity contribution is -0.0885. The molecule has 3 aromatic rings. The van der Waals surface area contributed by atoms with E-state index < -0.39 is 56.4 Å². The van der Waals surface area contributed by atoms with Gasteiger partial charge in [0.25, 0.3) is 11.5 Å². The van der Waals surface area contributed by atoms with Gasteiger partial charge in [-0.2, -0.15) is 0 Å². The Labute approximate surface area is 259 Å². The highest BCUT2D eigenvalue weighted by molar-refractivity contribution is 7.91. The lowest BCUT2D eigenvalue weighted by Gasteiger charge is -2.37. The minimum Gasteiger partial charge on any atom is -0.444 e. The van der Waals surface area contributed by atoms with E-state index in [4.69, 9.17) is 4.74 Å². The lowest BCUT2D eigenvalue weighted by Crippen LogP contribution is -2.44. The van der Waals surface area contributed by atoms with E-state index >= 15 is 13.2 Å². The smallest absolute Gasteiger partial charge is 0.410 e. The molecule has 0 bridgehead atoms. The fourth-order valence-corrected chi connectivity index (χ4v) is 6.91. The number of sulfone groups is 1. The number of aromatic nitrogens is 3. The molecule has 4 heterocycles. The Bertz CT molecular complexity index is 1740. The third-order valence-corrected chi connectivity index (χ3v) is 9.79. The van der Waals surface area contributed by atoms with Crippen molar-refractivity contribution in [2.45, 2.75) is 58.1 Å². The molecule has 2 saturated heterocycles. The summed E-state index contributed by atoms with van der Waals surface area (Å²) in [6.45, 7) is 7.25. The summed E-state index contributed by atoms with van der Waals surface area (Å²) in [7, 11) is -3.17. The fourth-order valence-electron chi connectivity index (χ4n) is 5.70. The lowest BCUT2D eigenvalue weighted by atomic mass is 9.85. The van der Waals surface area contributed by atoms with Crippen molar-refractivity contribution in [2.75, 3.05) is 47.9 Å². The van der Waals surface area contributed by atoms with Gasteiger partial charge in [0, 0.05) is 37.7 Å².